The number of aryl methyl sites for hydroxylation is 1. The van der Waals surface area contributed by atoms with Crippen LogP contribution in [-0.2, 0) is 6.42 Å². The Morgan fingerprint density at radius 1 is 1.08 bits per heavy atom. The molecule has 1 aromatic heterocycles. The number of aromatic nitrogens is 3. The molecule has 25 heavy (non-hydrogen) atoms. The zero-order valence-electron chi connectivity index (χ0n) is 13.6. The SMILES string of the molecule is N#Cc1ccccc1Nc1nncc(N2CCCc3ccccc32)n1. The van der Waals surface area contributed by atoms with E-state index in [0.717, 1.165) is 30.9 Å². The number of para-hydroxylation sites is 2. The average Bonchev–Trinajstić information content (AvgIpc) is 2.68. The van der Waals surface area contributed by atoms with Crippen molar-refractivity contribution < 1.29 is 0 Å². The molecule has 0 spiro atoms. The van der Waals surface area contributed by atoms with Gasteiger partial charge in [-0.15, -0.1) is 5.10 Å². The molecular formula is C19H16N6. The first-order valence-corrected chi connectivity index (χ1v) is 8.16. The van der Waals surface area contributed by atoms with E-state index in [1.807, 2.05) is 24.3 Å². The minimum absolute atomic E-state index is 0.378. The predicted molar refractivity (Wildman–Crippen MR) is 96.0 cm³/mol. The van der Waals surface area contributed by atoms with Gasteiger partial charge in [-0.3, -0.25) is 0 Å². The van der Waals surface area contributed by atoms with E-state index in [1.165, 1.54) is 5.56 Å². The number of anilines is 4. The Labute approximate surface area is 145 Å². The molecule has 0 saturated carbocycles. The third-order valence-electron chi connectivity index (χ3n) is 4.23. The van der Waals surface area contributed by atoms with Gasteiger partial charge in [-0.1, -0.05) is 30.3 Å². The first-order valence-electron chi connectivity index (χ1n) is 8.16. The van der Waals surface area contributed by atoms with E-state index in [0.29, 0.717) is 17.2 Å². The second-order valence-electron chi connectivity index (χ2n) is 5.80. The molecule has 0 radical (unpaired) electrons. The van der Waals surface area contributed by atoms with Gasteiger partial charge in [0.05, 0.1) is 17.4 Å². The van der Waals surface area contributed by atoms with Crippen LogP contribution in [0.3, 0.4) is 0 Å². The number of nitrogens with zero attached hydrogens (tertiary/aromatic N) is 5. The summed E-state index contributed by atoms with van der Waals surface area (Å²) in [5.41, 5.74) is 3.69. The smallest absolute Gasteiger partial charge is 0.249 e. The van der Waals surface area contributed by atoms with Gasteiger partial charge in [-0.25, -0.2) is 0 Å². The van der Waals surface area contributed by atoms with Gasteiger partial charge in [0.25, 0.3) is 0 Å². The number of hydrogen-bond donors (Lipinski definition) is 1. The summed E-state index contributed by atoms with van der Waals surface area (Å²) in [6.45, 7) is 0.893. The average molecular weight is 328 g/mol. The van der Waals surface area contributed by atoms with E-state index in [4.69, 9.17) is 0 Å². The van der Waals surface area contributed by atoms with Crippen LogP contribution in [0.1, 0.15) is 17.5 Å². The zero-order valence-corrected chi connectivity index (χ0v) is 13.6. The summed E-state index contributed by atoms with van der Waals surface area (Å²) in [4.78, 5) is 6.76. The van der Waals surface area contributed by atoms with Gasteiger partial charge >= 0.3 is 0 Å². The van der Waals surface area contributed by atoms with Gasteiger partial charge in [0.15, 0.2) is 5.82 Å². The molecule has 1 aliphatic heterocycles. The first-order chi connectivity index (χ1) is 12.3. The number of hydrogen-bond acceptors (Lipinski definition) is 6. The molecule has 122 valence electrons. The quantitative estimate of drug-likeness (QED) is 0.792. The molecule has 0 amide bonds. The van der Waals surface area contributed by atoms with Crippen LogP contribution >= 0.6 is 0 Å². The number of benzene rings is 2. The Kier molecular flexibility index (Phi) is 3.97. The van der Waals surface area contributed by atoms with Gasteiger partial charge < -0.3 is 10.2 Å². The van der Waals surface area contributed by atoms with Crippen LogP contribution in [0.5, 0.6) is 0 Å². The van der Waals surface area contributed by atoms with Crippen molar-refractivity contribution in [3.63, 3.8) is 0 Å². The maximum absolute atomic E-state index is 9.21. The number of nitriles is 1. The molecule has 0 unspecified atom stereocenters. The summed E-state index contributed by atoms with van der Waals surface area (Å²) >= 11 is 0. The van der Waals surface area contributed by atoms with Crippen molar-refractivity contribution in [1.29, 1.82) is 5.26 Å². The maximum atomic E-state index is 9.21. The summed E-state index contributed by atoms with van der Waals surface area (Å²) in [7, 11) is 0. The van der Waals surface area contributed by atoms with Crippen LogP contribution in [0.4, 0.5) is 23.1 Å². The molecular weight excluding hydrogens is 312 g/mol. The van der Waals surface area contributed by atoms with E-state index in [-0.39, 0.29) is 0 Å². The molecule has 0 atom stereocenters. The van der Waals surface area contributed by atoms with Crippen LogP contribution < -0.4 is 10.2 Å². The molecule has 2 aromatic carbocycles. The lowest BCUT2D eigenvalue weighted by Gasteiger charge is -2.30. The molecule has 4 rings (SSSR count). The maximum Gasteiger partial charge on any atom is 0.249 e. The Morgan fingerprint density at radius 3 is 2.84 bits per heavy atom. The van der Waals surface area contributed by atoms with E-state index < -0.39 is 0 Å². The summed E-state index contributed by atoms with van der Waals surface area (Å²) in [5, 5.41) is 20.4. The fourth-order valence-electron chi connectivity index (χ4n) is 3.06. The lowest BCUT2D eigenvalue weighted by Crippen LogP contribution is -2.25. The van der Waals surface area contributed by atoms with Crippen molar-refractivity contribution in [1.82, 2.24) is 15.2 Å². The summed E-state index contributed by atoms with van der Waals surface area (Å²) < 4.78 is 0. The minimum atomic E-state index is 0.378. The van der Waals surface area contributed by atoms with Gasteiger partial charge in [-0.05, 0) is 36.6 Å². The van der Waals surface area contributed by atoms with Gasteiger partial charge in [0.1, 0.15) is 6.07 Å². The van der Waals surface area contributed by atoms with Gasteiger partial charge in [0.2, 0.25) is 5.95 Å². The third kappa shape index (κ3) is 3.00. The molecule has 0 saturated heterocycles. The number of fused-ring (bicyclic) bond motifs is 1. The van der Waals surface area contributed by atoms with E-state index >= 15 is 0 Å². The number of nitrogens with one attached hydrogen (secondary N) is 1. The van der Waals surface area contributed by atoms with Crippen molar-refractivity contribution in [2.24, 2.45) is 0 Å². The fourth-order valence-corrected chi connectivity index (χ4v) is 3.06. The molecule has 6 nitrogen and oxygen atoms in total. The fraction of sp³-hybridized carbons (Fsp3) is 0.158. The van der Waals surface area contributed by atoms with Crippen LogP contribution in [-0.4, -0.2) is 21.7 Å². The summed E-state index contributed by atoms with van der Waals surface area (Å²) in [6.07, 6.45) is 3.82. The highest BCUT2D eigenvalue weighted by Gasteiger charge is 2.19. The molecule has 0 aliphatic carbocycles. The minimum Gasteiger partial charge on any atom is -0.325 e. The second kappa shape index (κ2) is 6.57. The highest BCUT2D eigenvalue weighted by Crippen LogP contribution is 2.32. The molecule has 6 heteroatoms. The summed E-state index contributed by atoms with van der Waals surface area (Å²) in [5.74, 6) is 1.13. The van der Waals surface area contributed by atoms with Gasteiger partial charge in [-0.2, -0.15) is 15.3 Å². The van der Waals surface area contributed by atoms with Crippen molar-refractivity contribution in [3.8, 4) is 6.07 Å². The Morgan fingerprint density at radius 2 is 1.92 bits per heavy atom. The molecule has 1 N–H and O–H groups in total. The summed E-state index contributed by atoms with van der Waals surface area (Å²) in [6, 6.07) is 17.8. The molecule has 1 aliphatic rings. The Bertz CT molecular complexity index is 946. The molecule has 2 heterocycles. The highest BCUT2D eigenvalue weighted by atomic mass is 15.3. The van der Waals surface area contributed by atoms with Crippen LogP contribution in [0.2, 0.25) is 0 Å². The molecule has 3 aromatic rings. The van der Waals surface area contributed by atoms with E-state index in [2.05, 4.69) is 49.7 Å². The van der Waals surface area contributed by atoms with Crippen LogP contribution in [0, 0.1) is 11.3 Å². The van der Waals surface area contributed by atoms with E-state index in [9.17, 15) is 5.26 Å². The van der Waals surface area contributed by atoms with Gasteiger partial charge in [0, 0.05) is 12.2 Å². The third-order valence-corrected chi connectivity index (χ3v) is 4.23. The van der Waals surface area contributed by atoms with Crippen molar-refractivity contribution in [2.75, 3.05) is 16.8 Å². The largest absolute Gasteiger partial charge is 0.325 e. The highest BCUT2D eigenvalue weighted by molar-refractivity contribution is 5.67. The normalized spacial score (nSPS) is 13.0. The Hall–Kier alpha value is -3.46. The first kappa shape index (κ1) is 15.1. The van der Waals surface area contributed by atoms with E-state index in [1.54, 1.807) is 12.3 Å². The molecule has 0 bridgehead atoms. The topological polar surface area (TPSA) is 77.7 Å². The predicted octanol–water partition coefficient (Wildman–Crippen LogP) is 3.57. The van der Waals surface area contributed by atoms with Crippen LogP contribution in [0.25, 0.3) is 0 Å². The Balaban J connectivity index is 1.66. The van der Waals surface area contributed by atoms with Crippen molar-refractivity contribution in [2.45, 2.75) is 12.8 Å². The monoisotopic (exact) mass is 328 g/mol. The number of rotatable bonds is 3. The standard InChI is InChI=1S/C19H16N6/c20-12-15-7-1-3-9-16(15)22-19-23-18(13-21-24-19)25-11-5-8-14-6-2-4-10-17(14)25/h1-4,6-7,9-10,13H,5,8,11H2,(H,22,23,24). The lowest BCUT2D eigenvalue weighted by molar-refractivity contribution is 0.754. The molecule has 0 fully saturated rings. The second-order valence-corrected chi connectivity index (χ2v) is 5.80. The zero-order chi connectivity index (χ0) is 17.1. The lowest BCUT2D eigenvalue weighted by atomic mass is 10.0. The van der Waals surface area contributed by atoms with Crippen molar-refractivity contribution >= 4 is 23.1 Å². The van der Waals surface area contributed by atoms with Crippen LogP contribution in [0.15, 0.2) is 54.7 Å². The van der Waals surface area contributed by atoms with Crippen molar-refractivity contribution in [3.05, 3.63) is 65.9 Å².